The van der Waals surface area contributed by atoms with Crippen molar-refractivity contribution in [2.75, 3.05) is 11.9 Å². The number of nitrogens with zero attached hydrogens (tertiary/aromatic N) is 3. The quantitative estimate of drug-likeness (QED) is 0.531. The molecule has 1 amide bonds. The molecule has 0 aliphatic heterocycles. The van der Waals surface area contributed by atoms with Gasteiger partial charge in [0.1, 0.15) is 5.82 Å². The minimum Gasteiger partial charge on any atom is -0.287 e. The number of hydrogen-bond donors (Lipinski definition) is 0. The molecule has 0 bridgehead atoms. The van der Waals surface area contributed by atoms with Gasteiger partial charge in [-0.1, -0.05) is 23.5 Å². The van der Waals surface area contributed by atoms with Gasteiger partial charge in [-0.25, -0.2) is 9.37 Å². The van der Waals surface area contributed by atoms with Gasteiger partial charge in [-0.15, -0.1) is 0 Å². The van der Waals surface area contributed by atoms with Crippen molar-refractivity contribution < 1.29 is 9.18 Å². The lowest BCUT2D eigenvalue weighted by atomic mass is 10.1. The first kappa shape index (κ1) is 15.7. The Balaban J connectivity index is 1.75. The molecule has 0 aliphatic carbocycles. The molecule has 124 valence electrons. The Morgan fingerprint density at radius 3 is 2.68 bits per heavy atom. The maximum absolute atomic E-state index is 13.4. The number of anilines is 1. The van der Waals surface area contributed by atoms with Gasteiger partial charge < -0.3 is 0 Å². The van der Waals surface area contributed by atoms with Crippen molar-refractivity contribution in [1.82, 2.24) is 9.97 Å². The standard InChI is InChI=1S/C19H14FN3OS/c1-11-14(9-12-7-8-13(20)10-16(12)21-11)18(24)23(2)19-22-15-5-3-4-6-17(15)25-19/h3-10H,1-2H3. The number of thiazole rings is 1. The van der Waals surface area contributed by atoms with Crippen LogP contribution in [0.25, 0.3) is 21.1 Å². The minimum absolute atomic E-state index is 0.185. The number of rotatable bonds is 2. The predicted molar refractivity (Wildman–Crippen MR) is 98.8 cm³/mol. The SMILES string of the molecule is Cc1nc2cc(F)ccc2cc1C(=O)N(C)c1nc2ccccc2s1. The predicted octanol–water partition coefficient (Wildman–Crippen LogP) is 4.57. The maximum atomic E-state index is 13.4. The van der Waals surface area contributed by atoms with E-state index in [0.29, 0.717) is 21.9 Å². The van der Waals surface area contributed by atoms with E-state index >= 15 is 0 Å². The van der Waals surface area contributed by atoms with Gasteiger partial charge in [-0.2, -0.15) is 0 Å². The third-order valence-electron chi connectivity index (χ3n) is 4.07. The van der Waals surface area contributed by atoms with Crippen LogP contribution in [0.2, 0.25) is 0 Å². The van der Waals surface area contributed by atoms with E-state index in [1.54, 1.807) is 26.1 Å². The van der Waals surface area contributed by atoms with Crippen molar-refractivity contribution in [1.29, 1.82) is 0 Å². The lowest BCUT2D eigenvalue weighted by Gasteiger charge is -2.15. The molecular weight excluding hydrogens is 337 g/mol. The van der Waals surface area contributed by atoms with Gasteiger partial charge >= 0.3 is 0 Å². The average molecular weight is 351 g/mol. The van der Waals surface area contributed by atoms with Crippen LogP contribution in [0.1, 0.15) is 16.1 Å². The summed E-state index contributed by atoms with van der Waals surface area (Å²) < 4.78 is 14.4. The van der Waals surface area contributed by atoms with Crippen LogP contribution >= 0.6 is 11.3 Å². The number of aromatic nitrogens is 2. The highest BCUT2D eigenvalue weighted by Crippen LogP contribution is 2.29. The zero-order chi connectivity index (χ0) is 17.6. The topological polar surface area (TPSA) is 46.1 Å². The van der Waals surface area contributed by atoms with Crippen molar-refractivity contribution in [2.24, 2.45) is 0 Å². The molecule has 0 saturated heterocycles. The van der Waals surface area contributed by atoms with Crippen LogP contribution in [0.3, 0.4) is 0 Å². The van der Waals surface area contributed by atoms with E-state index in [1.807, 2.05) is 24.3 Å². The van der Waals surface area contributed by atoms with E-state index in [9.17, 15) is 9.18 Å². The molecule has 6 heteroatoms. The first-order chi connectivity index (χ1) is 12.0. The number of hydrogen-bond acceptors (Lipinski definition) is 4. The van der Waals surface area contributed by atoms with Crippen molar-refractivity contribution in [3.05, 3.63) is 65.6 Å². The van der Waals surface area contributed by atoms with Crippen molar-refractivity contribution in [3.8, 4) is 0 Å². The third kappa shape index (κ3) is 2.74. The Bertz CT molecular complexity index is 1090. The number of benzene rings is 2. The summed E-state index contributed by atoms with van der Waals surface area (Å²) in [6, 6.07) is 13.9. The van der Waals surface area contributed by atoms with Crippen LogP contribution in [0.5, 0.6) is 0 Å². The first-order valence-electron chi connectivity index (χ1n) is 7.73. The third-order valence-corrected chi connectivity index (χ3v) is 5.19. The Kier molecular flexibility index (Phi) is 3.69. The Labute approximate surface area is 147 Å². The summed E-state index contributed by atoms with van der Waals surface area (Å²) in [6.07, 6.45) is 0. The summed E-state index contributed by atoms with van der Waals surface area (Å²) >= 11 is 1.46. The Hall–Kier alpha value is -2.86. The number of carbonyl (C=O) groups is 1. The van der Waals surface area contributed by atoms with E-state index in [0.717, 1.165) is 15.6 Å². The van der Waals surface area contributed by atoms with Gasteiger partial charge in [0.2, 0.25) is 0 Å². The lowest BCUT2D eigenvalue weighted by Crippen LogP contribution is -2.27. The normalized spacial score (nSPS) is 11.2. The molecule has 0 unspecified atom stereocenters. The number of fused-ring (bicyclic) bond motifs is 2. The summed E-state index contributed by atoms with van der Waals surface area (Å²) in [4.78, 5) is 23.4. The van der Waals surface area contributed by atoms with E-state index in [4.69, 9.17) is 0 Å². The molecule has 0 radical (unpaired) electrons. The summed E-state index contributed by atoms with van der Waals surface area (Å²) in [6.45, 7) is 1.75. The molecular formula is C19H14FN3OS. The van der Waals surface area contributed by atoms with Crippen molar-refractivity contribution in [2.45, 2.75) is 6.92 Å². The molecule has 2 heterocycles. The highest BCUT2D eigenvalue weighted by Gasteiger charge is 2.20. The number of halogens is 1. The van der Waals surface area contributed by atoms with Crippen LogP contribution in [0, 0.1) is 12.7 Å². The first-order valence-corrected chi connectivity index (χ1v) is 8.55. The second-order valence-corrected chi connectivity index (χ2v) is 6.80. The van der Waals surface area contributed by atoms with Crippen LogP contribution in [-0.4, -0.2) is 22.9 Å². The van der Waals surface area contributed by atoms with Gasteiger partial charge in [-0.05, 0) is 37.3 Å². The monoisotopic (exact) mass is 351 g/mol. The number of amides is 1. The zero-order valence-electron chi connectivity index (χ0n) is 13.7. The van der Waals surface area contributed by atoms with Crippen LogP contribution in [0.15, 0.2) is 48.5 Å². The smallest absolute Gasteiger partial charge is 0.261 e. The lowest BCUT2D eigenvalue weighted by molar-refractivity contribution is 0.0992. The second kappa shape index (κ2) is 5.89. The van der Waals surface area contributed by atoms with Crippen LogP contribution in [0.4, 0.5) is 9.52 Å². The van der Waals surface area contributed by atoms with Gasteiger partial charge in [0.05, 0.1) is 27.0 Å². The van der Waals surface area contributed by atoms with E-state index in [2.05, 4.69) is 9.97 Å². The molecule has 0 saturated carbocycles. The number of aryl methyl sites for hydroxylation is 1. The summed E-state index contributed by atoms with van der Waals surface area (Å²) in [5.41, 5.74) is 2.46. The molecule has 0 N–H and O–H groups in total. The Morgan fingerprint density at radius 1 is 1.08 bits per heavy atom. The fourth-order valence-electron chi connectivity index (χ4n) is 2.72. The summed E-state index contributed by atoms with van der Waals surface area (Å²) in [5.74, 6) is -0.527. The van der Waals surface area contributed by atoms with Crippen LogP contribution in [-0.2, 0) is 0 Å². The Morgan fingerprint density at radius 2 is 1.88 bits per heavy atom. The van der Waals surface area contributed by atoms with Gasteiger partial charge in [0.25, 0.3) is 5.91 Å². The molecule has 0 atom stereocenters. The van der Waals surface area contributed by atoms with E-state index in [-0.39, 0.29) is 11.7 Å². The second-order valence-electron chi connectivity index (χ2n) is 5.79. The van der Waals surface area contributed by atoms with E-state index in [1.165, 1.54) is 28.4 Å². The fraction of sp³-hybridized carbons (Fsp3) is 0.105. The molecule has 4 nitrogen and oxygen atoms in total. The highest BCUT2D eigenvalue weighted by molar-refractivity contribution is 7.22. The maximum Gasteiger partial charge on any atom is 0.261 e. The number of para-hydroxylation sites is 1. The molecule has 2 aromatic carbocycles. The van der Waals surface area contributed by atoms with E-state index < -0.39 is 0 Å². The molecule has 0 spiro atoms. The van der Waals surface area contributed by atoms with Crippen LogP contribution < -0.4 is 4.90 Å². The molecule has 0 aliphatic rings. The number of carbonyl (C=O) groups excluding carboxylic acids is 1. The summed E-state index contributed by atoms with van der Waals surface area (Å²) in [5, 5.41) is 1.36. The van der Waals surface area contributed by atoms with Crippen molar-refractivity contribution in [3.63, 3.8) is 0 Å². The minimum atomic E-state index is -0.343. The highest BCUT2D eigenvalue weighted by atomic mass is 32.1. The summed E-state index contributed by atoms with van der Waals surface area (Å²) in [7, 11) is 1.70. The average Bonchev–Trinajstić information content (AvgIpc) is 3.04. The van der Waals surface area contributed by atoms with Crippen molar-refractivity contribution >= 4 is 43.5 Å². The molecule has 25 heavy (non-hydrogen) atoms. The van der Waals surface area contributed by atoms with Gasteiger partial charge in [-0.3, -0.25) is 14.7 Å². The fourth-order valence-corrected chi connectivity index (χ4v) is 3.65. The number of pyridine rings is 1. The van der Waals surface area contributed by atoms with Gasteiger partial charge in [0, 0.05) is 18.5 Å². The molecule has 0 fully saturated rings. The van der Waals surface area contributed by atoms with Gasteiger partial charge in [0.15, 0.2) is 5.13 Å². The largest absolute Gasteiger partial charge is 0.287 e. The molecule has 4 rings (SSSR count). The zero-order valence-corrected chi connectivity index (χ0v) is 14.5. The molecule has 2 aromatic heterocycles. The molecule has 4 aromatic rings.